The van der Waals surface area contributed by atoms with Crippen LogP contribution >= 0.6 is 0 Å². The molecule has 0 aliphatic carbocycles. The number of rotatable bonds is 12. The quantitative estimate of drug-likeness (QED) is 0.164. The van der Waals surface area contributed by atoms with Crippen molar-refractivity contribution < 1.29 is 19.2 Å². The van der Waals surface area contributed by atoms with E-state index in [9.17, 15) is 9.59 Å². The van der Waals surface area contributed by atoms with Crippen molar-refractivity contribution in [3.05, 3.63) is 42.0 Å². The van der Waals surface area contributed by atoms with Crippen LogP contribution in [-0.4, -0.2) is 17.7 Å². The summed E-state index contributed by atoms with van der Waals surface area (Å²) >= 11 is 0. The molecule has 0 unspecified atom stereocenters. The van der Waals surface area contributed by atoms with Crippen molar-refractivity contribution in [2.75, 3.05) is 0 Å². The number of benzene rings is 1. The zero-order valence-electron chi connectivity index (χ0n) is 16.2. The van der Waals surface area contributed by atoms with Crippen molar-refractivity contribution in [2.24, 2.45) is 5.16 Å². The van der Waals surface area contributed by atoms with Crippen molar-refractivity contribution in [3.8, 4) is 5.75 Å². The monoisotopic (exact) mass is 371 g/mol. The zero-order chi connectivity index (χ0) is 19.5. The predicted molar refractivity (Wildman–Crippen MR) is 106 cm³/mol. The van der Waals surface area contributed by atoms with Crippen LogP contribution in [0.4, 0.5) is 0 Å². The minimum absolute atomic E-state index is 0.216. The maximum absolute atomic E-state index is 11.9. The summed E-state index contributed by atoms with van der Waals surface area (Å²) in [6, 6.07) is 6.82. The normalized spacial score (nSPS) is 13.4. The van der Waals surface area contributed by atoms with Crippen molar-refractivity contribution in [1.82, 2.24) is 0 Å². The van der Waals surface area contributed by atoms with Gasteiger partial charge in [0.2, 0.25) is 0 Å². The molecular formula is C22H29NO4. The number of unbranched alkanes of at least 4 members (excludes halogenated alkanes) is 8. The lowest BCUT2D eigenvalue weighted by Gasteiger charge is -2.06. The maximum Gasteiger partial charge on any atom is 0.367 e. The molecule has 0 N–H and O–H groups in total. The second-order valence-corrected chi connectivity index (χ2v) is 6.87. The molecule has 0 atom stereocenters. The highest BCUT2D eigenvalue weighted by atomic mass is 16.7. The molecule has 5 nitrogen and oxygen atoms in total. The van der Waals surface area contributed by atoms with Crippen LogP contribution in [0.1, 0.15) is 76.7 Å². The van der Waals surface area contributed by atoms with Crippen LogP contribution in [0.3, 0.4) is 0 Å². The summed E-state index contributed by atoms with van der Waals surface area (Å²) in [7, 11) is 0. The molecule has 1 aromatic rings. The Labute approximate surface area is 161 Å². The molecular weight excluding hydrogens is 342 g/mol. The highest BCUT2D eigenvalue weighted by molar-refractivity contribution is 6.28. The molecule has 0 aromatic heterocycles. The molecule has 0 spiro atoms. The lowest BCUT2D eigenvalue weighted by atomic mass is 10.0. The molecule has 0 fully saturated rings. The third-order valence-electron chi connectivity index (χ3n) is 4.60. The molecule has 1 aliphatic rings. The van der Waals surface area contributed by atoms with E-state index in [-0.39, 0.29) is 11.5 Å². The Balaban J connectivity index is 1.62. The van der Waals surface area contributed by atoms with E-state index >= 15 is 0 Å². The van der Waals surface area contributed by atoms with E-state index in [1.165, 1.54) is 44.9 Å². The average molecular weight is 371 g/mol. The van der Waals surface area contributed by atoms with Crippen LogP contribution in [0, 0.1) is 0 Å². The molecule has 0 bridgehead atoms. The van der Waals surface area contributed by atoms with E-state index in [0.717, 1.165) is 12.8 Å². The first-order valence-electron chi connectivity index (χ1n) is 9.91. The first-order valence-corrected chi connectivity index (χ1v) is 9.91. The molecule has 5 heteroatoms. The Morgan fingerprint density at radius 1 is 1.00 bits per heavy atom. The van der Waals surface area contributed by atoms with Gasteiger partial charge in [0.1, 0.15) is 11.5 Å². The van der Waals surface area contributed by atoms with E-state index in [0.29, 0.717) is 23.4 Å². The molecule has 0 amide bonds. The first kappa shape index (κ1) is 20.9. The molecule has 0 saturated carbocycles. The van der Waals surface area contributed by atoms with E-state index in [4.69, 9.17) is 4.74 Å². The van der Waals surface area contributed by atoms with Crippen LogP contribution in [0.15, 0.2) is 41.6 Å². The van der Waals surface area contributed by atoms with E-state index < -0.39 is 5.97 Å². The van der Waals surface area contributed by atoms with Gasteiger partial charge in [0, 0.05) is 12.0 Å². The van der Waals surface area contributed by atoms with Crippen LogP contribution in [0.5, 0.6) is 5.75 Å². The van der Waals surface area contributed by atoms with Crippen molar-refractivity contribution >= 4 is 17.7 Å². The molecule has 1 aromatic carbocycles. The molecule has 0 saturated heterocycles. The number of hydrogen-bond acceptors (Lipinski definition) is 5. The Bertz CT molecular complexity index is 676. The number of ether oxygens (including phenoxy) is 1. The predicted octanol–water partition coefficient (Wildman–Crippen LogP) is 5.33. The van der Waals surface area contributed by atoms with Gasteiger partial charge in [0.15, 0.2) is 0 Å². The highest BCUT2D eigenvalue weighted by Gasteiger charge is 2.24. The van der Waals surface area contributed by atoms with Gasteiger partial charge in [-0.1, -0.05) is 70.0 Å². The standard InChI is InChI=1S/C22H29NO4/c1-3-4-5-6-7-8-9-10-11-12-20(24)26-19-15-13-18(14-16-19)21-17(2)22(25)27-23-21/h13-16H,2-12H2,1H3. The zero-order valence-corrected chi connectivity index (χ0v) is 16.2. The number of carbonyl (C=O) groups is 2. The summed E-state index contributed by atoms with van der Waals surface area (Å²) in [5, 5.41) is 3.70. The van der Waals surface area contributed by atoms with Crippen molar-refractivity contribution in [2.45, 2.75) is 71.1 Å². The van der Waals surface area contributed by atoms with Crippen molar-refractivity contribution in [3.63, 3.8) is 0 Å². The van der Waals surface area contributed by atoms with Gasteiger partial charge in [-0.25, -0.2) is 4.79 Å². The number of nitrogens with zero attached hydrogens (tertiary/aromatic N) is 1. The molecule has 2 rings (SSSR count). The summed E-state index contributed by atoms with van der Waals surface area (Å²) in [6.45, 7) is 5.87. The Morgan fingerprint density at radius 3 is 2.15 bits per heavy atom. The SMILES string of the molecule is C=C1C(=O)ON=C1c1ccc(OC(=O)CCCCCCCCCCC)cc1. The van der Waals surface area contributed by atoms with Crippen LogP contribution < -0.4 is 4.74 Å². The lowest BCUT2D eigenvalue weighted by molar-refractivity contribution is -0.137. The summed E-state index contributed by atoms with van der Waals surface area (Å²) in [4.78, 5) is 27.8. The fourth-order valence-corrected chi connectivity index (χ4v) is 2.96. The number of carbonyl (C=O) groups excluding carboxylic acids is 2. The van der Waals surface area contributed by atoms with Crippen LogP contribution in [-0.2, 0) is 14.4 Å². The summed E-state index contributed by atoms with van der Waals surface area (Å²) in [5.74, 6) is -0.274. The average Bonchev–Trinajstić information content (AvgIpc) is 3.00. The second kappa shape index (κ2) is 11.3. The summed E-state index contributed by atoms with van der Waals surface area (Å²) in [6.07, 6.45) is 11.4. The van der Waals surface area contributed by atoms with Crippen LogP contribution in [0.25, 0.3) is 0 Å². The lowest BCUT2D eigenvalue weighted by Crippen LogP contribution is -2.08. The van der Waals surface area contributed by atoms with E-state index in [1.807, 2.05) is 0 Å². The van der Waals surface area contributed by atoms with E-state index in [2.05, 4.69) is 23.5 Å². The molecule has 1 aliphatic heterocycles. The fraction of sp³-hybridized carbons (Fsp3) is 0.500. The van der Waals surface area contributed by atoms with Gasteiger partial charge >= 0.3 is 11.9 Å². The Hall–Kier alpha value is -2.43. The summed E-state index contributed by atoms with van der Waals surface area (Å²) in [5.41, 5.74) is 1.34. The highest BCUT2D eigenvalue weighted by Crippen LogP contribution is 2.20. The van der Waals surface area contributed by atoms with Gasteiger partial charge in [0.25, 0.3) is 0 Å². The number of esters is 1. The van der Waals surface area contributed by atoms with Gasteiger partial charge in [-0.2, -0.15) is 0 Å². The maximum atomic E-state index is 11.9. The second-order valence-electron chi connectivity index (χ2n) is 6.87. The van der Waals surface area contributed by atoms with E-state index in [1.54, 1.807) is 24.3 Å². The van der Waals surface area contributed by atoms with Gasteiger partial charge in [-0.3, -0.25) is 4.79 Å². The minimum atomic E-state index is -0.540. The van der Waals surface area contributed by atoms with Crippen molar-refractivity contribution in [1.29, 1.82) is 0 Å². The smallest absolute Gasteiger partial charge is 0.367 e. The minimum Gasteiger partial charge on any atom is -0.427 e. The van der Waals surface area contributed by atoms with Gasteiger partial charge in [-0.15, -0.1) is 0 Å². The number of hydrogen-bond donors (Lipinski definition) is 0. The van der Waals surface area contributed by atoms with Crippen LogP contribution in [0.2, 0.25) is 0 Å². The molecule has 0 radical (unpaired) electrons. The molecule has 1 heterocycles. The Kier molecular flexibility index (Phi) is 8.75. The fourth-order valence-electron chi connectivity index (χ4n) is 2.96. The third-order valence-corrected chi connectivity index (χ3v) is 4.60. The third kappa shape index (κ3) is 7.00. The topological polar surface area (TPSA) is 65.0 Å². The van der Waals surface area contributed by atoms with Gasteiger partial charge in [0.05, 0.1) is 5.57 Å². The first-order chi connectivity index (χ1) is 13.1. The molecule has 27 heavy (non-hydrogen) atoms. The summed E-state index contributed by atoms with van der Waals surface area (Å²) < 4.78 is 5.35. The largest absolute Gasteiger partial charge is 0.427 e. The molecule has 146 valence electrons. The number of oxime groups is 1. The van der Waals surface area contributed by atoms with Gasteiger partial charge in [-0.05, 0) is 30.7 Å². The Morgan fingerprint density at radius 2 is 1.59 bits per heavy atom. The van der Waals surface area contributed by atoms with Gasteiger partial charge < -0.3 is 9.57 Å².